The summed E-state index contributed by atoms with van der Waals surface area (Å²) in [4.78, 5) is 29.0. The van der Waals surface area contributed by atoms with Crippen molar-refractivity contribution in [1.82, 2.24) is 9.80 Å². The lowest BCUT2D eigenvalue weighted by Crippen LogP contribution is -2.39. The highest BCUT2D eigenvalue weighted by atomic mass is 35.5. The normalized spacial score (nSPS) is 21.4. The molecular weight excluding hydrogens is 393 g/mol. The van der Waals surface area contributed by atoms with Gasteiger partial charge < -0.3 is 15.1 Å². The van der Waals surface area contributed by atoms with Crippen LogP contribution in [0.15, 0.2) is 48.5 Å². The first-order valence-corrected chi connectivity index (χ1v) is 10.2. The Bertz CT molecular complexity index is 888. The largest absolute Gasteiger partial charge is 0.341 e. The van der Waals surface area contributed by atoms with E-state index in [0.717, 1.165) is 18.4 Å². The Labute approximate surface area is 174 Å². The van der Waals surface area contributed by atoms with Gasteiger partial charge in [0, 0.05) is 42.8 Å². The molecule has 2 unspecified atom stereocenters. The minimum Gasteiger partial charge on any atom is -0.341 e. The van der Waals surface area contributed by atoms with Gasteiger partial charge in [-0.1, -0.05) is 23.7 Å². The molecule has 1 saturated heterocycles. The van der Waals surface area contributed by atoms with E-state index < -0.39 is 0 Å². The fourth-order valence-corrected chi connectivity index (χ4v) is 3.98. The van der Waals surface area contributed by atoms with Crippen molar-refractivity contribution in [3.05, 3.63) is 64.9 Å². The van der Waals surface area contributed by atoms with E-state index in [1.165, 1.54) is 12.1 Å². The molecule has 1 aliphatic heterocycles. The van der Waals surface area contributed by atoms with Crippen LogP contribution in [-0.2, 0) is 4.79 Å². The fourth-order valence-electron chi connectivity index (χ4n) is 3.86. The van der Waals surface area contributed by atoms with E-state index in [4.69, 9.17) is 11.6 Å². The number of nitrogens with zero attached hydrogens (tertiary/aromatic N) is 2. The summed E-state index contributed by atoms with van der Waals surface area (Å²) in [7, 11) is 0. The second kappa shape index (κ2) is 8.41. The maximum absolute atomic E-state index is 13.1. The van der Waals surface area contributed by atoms with Gasteiger partial charge in [0.2, 0.25) is 5.91 Å². The first kappa shape index (κ1) is 19.7. The molecule has 0 bridgehead atoms. The molecule has 2 aromatic rings. The van der Waals surface area contributed by atoms with Gasteiger partial charge in [-0.25, -0.2) is 9.18 Å². The monoisotopic (exact) mass is 415 g/mol. The number of amides is 3. The molecular formula is C22H23ClFN3O2. The third-order valence-corrected chi connectivity index (χ3v) is 5.85. The van der Waals surface area contributed by atoms with Crippen molar-refractivity contribution in [1.29, 1.82) is 0 Å². The van der Waals surface area contributed by atoms with Crippen LogP contribution in [0.2, 0.25) is 5.02 Å². The first-order chi connectivity index (χ1) is 14.0. The van der Waals surface area contributed by atoms with Gasteiger partial charge in [-0.05, 0) is 60.7 Å². The highest BCUT2D eigenvalue weighted by molar-refractivity contribution is 6.30. The third-order valence-electron chi connectivity index (χ3n) is 5.60. The van der Waals surface area contributed by atoms with Crippen LogP contribution in [0.25, 0.3) is 0 Å². The number of nitrogens with one attached hydrogen (secondary N) is 1. The number of benzene rings is 2. The standard InChI is InChI=1S/C22H23ClFN3O2/c23-16-4-8-18(9-5-16)25-22(29)27-11-1-10-26(12-13-27)21(28)20-14-19(20)15-2-6-17(24)7-3-15/h2-9,19-20H,1,10-14H2,(H,25,29). The summed E-state index contributed by atoms with van der Waals surface area (Å²) in [6.45, 7) is 2.28. The molecule has 0 spiro atoms. The van der Waals surface area contributed by atoms with Crippen molar-refractivity contribution in [3.63, 3.8) is 0 Å². The average molecular weight is 416 g/mol. The Morgan fingerprint density at radius 1 is 0.931 bits per heavy atom. The van der Waals surface area contributed by atoms with E-state index >= 15 is 0 Å². The molecule has 2 atom stereocenters. The van der Waals surface area contributed by atoms with Crippen molar-refractivity contribution < 1.29 is 14.0 Å². The van der Waals surface area contributed by atoms with Crippen LogP contribution in [0.1, 0.15) is 24.3 Å². The highest BCUT2D eigenvalue weighted by Gasteiger charge is 2.45. The topological polar surface area (TPSA) is 52.7 Å². The van der Waals surface area contributed by atoms with Crippen molar-refractivity contribution in [2.24, 2.45) is 5.92 Å². The van der Waals surface area contributed by atoms with Crippen LogP contribution >= 0.6 is 11.6 Å². The SMILES string of the molecule is O=C(Nc1ccc(Cl)cc1)N1CCCN(C(=O)C2CC2c2ccc(F)cc2)CC1. The van der Waals surface area contributed by atoms with Crippen molar-refractivity contribution in [2.75, 3.05) is 31.5 Å². The minimum atomic E-state index is -0.262. The summed E-state index contributed by atoms with van der Waals surface area (Å²) in [6, 6.07) is 13.2. The van der Waals surface area contributed by atoms with Crippen molar-refractivity contribution in [2.45, 2.75) is 18.8 Å². The quantitative estimate of drug-likeness (QED) is 0.810. The molecule has 1 saturated carbocycles. The van der Waals surface area contributed by atoms with E-state index in [9.17, 15) is 14.0 Å². The van der Waals surface area contributed by atoms with Gasteiger partial charge in [-0.3, -0.25) is 4.79 Å². The first-order valence-electron chi connectivity index (χ1n) is 9.87. The molecule has 2 aliphatic rings. The second-order valence-corrected chi connectivity index (χ2v) is 8.04. The van der Waals surface area contributed by atoms with Gasteiger partial charge >= 0.3 is 6.03 Å². The number of rotatable bonds is 3. The Hall–Kier alpha value is -2.60. The number of carbonyl (C=O) groups excluding carboxylic acids is 2. The molecule has 2 aromatic carbocycles. The Kier molecular flexibility index (Phi) is 5.72. The molecule has 1 aliphatic carbocycles. The Morgan fingerprint density at radius 2 is 1.59 bits per heavy atom. The van der Waals surface area contributed by atoms with E-state index in [1.807, 2.05) is 4.90 Å². The molecule has 3 amide bonds. The average Bonchev–Trinajstić information content (AvgIpc) is 3.53. The van der Waals surface area contributed by atoms with Crippen molar-refractivity contribution in [3.8, 4) is 0 Å². The van der Waals surface area contributed by atoms with Gasteiger partial charge in [0.05, 0.1) is 0 Å². The van der Waals surface area contributed by atoms with Crippen LogP contribution in [0.5, 0.6) is 0 Å². The number of carbonyl (C=O) groups is 2. The van der Waals surface area contributed by atoms with Gasteiger partial charge in [0.15, 0.2) is 0 Å². The molecule has 0 aromatic heterocycles. The second-order valence-electron chi connectivity index (χ2n) is 7.60. The smallest absolute Gasteiger partial charge is 0.321 e. The zero-order chi connectivity index (χ0) is 20.4. The lowest BCUT2D eigenvalue weighted by molar-refractivity contribution is -0.132. The number of anilines is 1. The maximum atomic E-state index is 13.1. The van der Waals surface area contributed by atoms with Gasteiger partial charge in [0.1, 0.15) is 5.82 Å². The van der Waals surface area contributed by atoms with E-state index in [2.05, 4.69) is 5.32 Å². The Balaban J connectivity index is 1.30. The lowest BCUT2D eigenvalue weighted by Gasteiger charge is -2.22. The molecule has 1 heterocycles. The molecule has 0 radical (unpaired) electrons. The number of halogens is 2. The minimum absolute atomic E-state index is 0.0325. The number of urea groups is 1. The van der Waals surface area contributed by atoms with Crippen LogP contribution in [-0.4, -0.2) is 47.9 Å². The fraction of sp³-hybridized carbons (Fsp3) is 0.364. The molecule has 7 heteroatoms. The summed E-state index contributed by atoms with van der Waals surface area (Å²) in [5, 5.41) is 3.49. The summed E-state index contributed by atoms with van der Waals surface area (Å²) >= 11 is 5.87. The van der Waals surface area contributed by atoms with E-state index in [0.29, 0.717) is 36.9 Å². The molecule has 1 N–H and O–H groups in total. The summed E-state index contributed by atoms with van der Waals surface area (Å²) in [5.41, 5.74) is 1.71. The van der Waals surface area contributed by atoms with Crippen molar-refractivity contribution >= 4 is 29.2 Å². The van der Waals surface area contributed by atoms with E-state index in [1.54, 1.807) is 41.3 Å². The third kappa shape index (κ3) is 4.70. The predicted octanol–water partition coefficient (Wildman–Crippen LogP) is 4.35. The lowest BCUT2D eigenvalue weighted by atomic mass is 10.1. The predicted molar refractivity (Wildman–Crippen MR) is 110 cm³/mol. The van der Waals surface area contributed by atoms with Crippen LogP contribution < -0.4 is 5.32 Å². The summed E-state index contributed by atoms with van der Waals surface area (Å²) in [5.74, 6) is 0.0200. The highest BCUT2D eigenvalue weighted by Crippen LogP contribution is 2.48. The molecule has 4 rings (SSSR count). The zero-order valence-corrected chi connectivity index (χ0v) is 16.7. The maximum Gasteiger partial charge on any atom is 0.321 e. The molecule has 5 nitrogen and oxygen atoms in total. The molecule has 152 valence electrons. The van der Waals surface area contributed by atoms with Gasteiger partial charge in [0.25, 0.3) is 0 Å². The van der Waals surface area contributed by atoms with E-state index in [-0.39, 0.29) is 29.6 Å². The molecule has 2 fully saturated rings. The molecule has 29 heavy (non-hydrogen) atoms. The van der Waals surface area contributed by atoms with Gasteiger partial charge in [-0.2, -0.15) is 0 Å². The summed E-state index contributed by atoms with van der Waals surface area (Å²) in [6.07, 6.45) is 1.55. The number of hydrogen-bond acceptors (Lipinski definition) is 2. The van der Waals surface area contributed by atoms with Crippen LogP contribution in [0, 0.1) is 11.7 Å². The number of hydrogen-bond donors (Lipinski definition) is 1. The van der Waals surface area contributed by atoms with Crippen LogP contribution in [0.3, 0.4) is 0 Å². The zero-order valence-electron chi connectivity index (χ0n) is 16.0. The van der Waals surface area contributed by atoms with Crippen LogP contribution in [0.4, 0.5) is 14.9 Å². The summed E-state index contributed by atoms with van der Waals surface area (Å²) < 4.78 is 13.1. The Morgan fingerprint density at radius 3 is 2.31 bits per heavy atom. The van der Waals surface area contributed by atoms with Gasteiger partial charge in [-0.15, -0.1) is 0 Å².